The normalized spacial score (nSPS) is 21.2. The lowest BCUT2D eigenvalue weighted by Gasteiger charge is -2.22. The molecule has 0 spiro atoms. The highest BCUT2D eigenvalue weighted by Crippen LogP contribution is 2.25. The second-order valence-electron chi connectivity index (χ2n) is 4.26. The Morgan fingerprint density at radius 2 is 2.31 bits per heavy atom. The van der Waals surface area contributed by atoms with E-state index in [4.69, 9.17) is 4.74 Å². The van der Waals surface area contributed by atoms with E-state index in [0.29, 0.717) is 12.0 Å². The minimum Gasteiger partial charge on any atom is -0.459 e. The number of benzene rings is 1. The molecular formula is C13H16O3. The Hall–Kier alpha value is -1.35. The third-order valence-electron chi connectivity index (χ3n) is 2.94. The van der Waals surface area contributed by atoms with Crippen molar-refractivity contribution < 1.29 is 14.6 Å². The lowest BCUT2D eigenvalue weighted by atomic mass is 9.94. The van der Waals surface area contributed by atoms with Crippen LogP contribution in [0.1, 0.15) is 47.9 Å². The molecule has 0 bridgehead atoms. The third-order valence-corrected chi connectivity index (χ3v) is 2.94. The fourth-order valence-electron chi connectivity index (χ4n) is 2.02. The van der Waals surface area contributed by atoms with Crippen LogP contribution in [0.25, 0.3) is 0 Å². The van der Waals surface area contributed by atoms with Crippen LogP contribution in [0.3, 0.4) is 0 Å². The number of esters is 1. The zero-order valence-corrected chi connectivity index (χ0v) is 9.56. The first kappa shape index (κ1) is 11.1. The second-order valence-corrected chi connectivity index (χ2v) is 4.26. The van der Waals surface area contributed by atoms with E-state index in [-0.39, 0.29) is 12.1 Å². The van der Waals surface area contributed by atoms with Crippen molar-refractivity contribution in [2.24, 2.45) is 0 Å². The third kappa shape index (κ3) is 1.95. The van der Waals surface area contributed by atoms with Crippen LogP contribution in [0.2, 0.25) is 0 Å². The van der Waals surface area contributed by atoms with Crippen LogP contribution in [0.15, 0.2) is 18.2 Å². The average molecular weight is 220 g/mol. The highest BCUT2D eigenvalue weighted by Gasteiger charge is 2.24. The molecule has 86 valence electrons. The summed E-state index contributed by atoms with van der Waals surface area (Å²) < 4.78 is 5.14. The number of carbonyl (C=O) groups excluding carboxylic acids is 1. The number of rotatable bonds is 2. The zero-order chi connectivity index (χ0) is 11.7. The Kier molecular flexibility index (Phi) is 2.97. The molecule has 3 nitrogen and oxygen atoms in total. The van der Waals surface area contributed by atoms with Gasteiger partial charge in [-0.05, 0) is 30.5 Å². The summed E-state index contributed by atoms with van der Waals surface area (Å²) in [4.78, 5) is 11.6. The van der Waals surface area contributed by atoms with Gasteiger partial charge in [0.15, 0.2) is 0 Å². The SMILES string of the molecule is CCC(O)c1ccc2c(c1)CC(C)OC2=O. The summed E-state index contributed by atoms with van der Waals surface area (Å²) in [6.07, 6.45) is 0.886. The molecule has 2 rings (SSSR count). The van der Waals surface area contributed by atoms with Crippen molar-refractivity contribution in [3.05, 3.63) is 34.9 Å². The van der Waals surface area contributed by atoms with Crippen LogP contribution in [0, 0.1) is 0 Å². The van der Waals surface area contributed by atoms with Gasteiger partial charge in [-0.2, -0.15) is 0 Å². The van der Waals surface area contributed by atoms with Gasteiger partial charge in [-0.1, -0.05) is 19.1 Å². The summed E-state index contributed by atoms with van der Waals surface area (Å²) in [5.41, 5.74) is 2.49. The predicted molar refractivity (Wildman–Crippen MR) is 60.3 cm³/mol. The molecule has 2 atom stereocenters. The molecule has 0 aliphatic carbocycles. The first-order valence-electron chi connectivity index (χ1n) is 5.63. The predicted octanol–water partition coefficient (Wildman–Crippen LogP) is 2.23. The molecule has 1 aromatic rings. The Bertz CT molecular complexity index is 412. The molecule has 1 aliphatic heterocycles. The molecule has 0 aromatic heterocycles. The van der Waals surface area contributed by atoms with Gasteiger partial charge < -0.3 is 9.84 Å². The summed E-state index contributed by atoms with van der Waals surface area (Å²) >= 11 is 0. The lowest BCUT2D eigenvalue weighted by molar-refractivity contribution is 0.0300. The van der Waals surface area contributed by atoms with Crippen molar-refractivity contribution in [2.75, 3.05) is 0 Å². The van der Waals surface area contributed by atoms with Gasteiger partial charge in [0, 0.05) is 6.42 Å². The summed E-state index contributed by atoms with van der Waals surface area (Å²) in [6, 6.07) is 5.46. The number of hydrogen-bond donors (Lipinski definition) is 1. The van der Waals surface area contributed by atoms with Crippen molar-refractivity contribution >= 4 is 5.97 Å². The fraction of sp³-hybridized carbons (Fsp3) is 0.462. The molecule has 0 amide bonds. The maximum Gasteiger partial charge on any atom is 0.338 e. The number of cyclic esters (lactones) is 1. The largest absolute Gasteiger partial charge is 0.459 e. The van der Waals surface area contributed by atoms with E-state index < -0.39 is 6.10 Å². The molecule has 0 radical (unpaired) electrons. The molecule has 1 heterocycles. The minimum atomic E-state index is -0.446. The van der Waals surface area contributed by atoms with Crippen LogP contribution in [0.5, 0.6) is 0 Å². The molecule has 2 unspecified atom stereocenters. The maximum atomic E-state index is 11.6. The molecular weight excluding hydrogens is 204 g/mol. The molecule has 1 aliphatic rings. The van der Waals surface area contributed by atoms with Gasteiger partial charge in [0.2, 0.25) is 0 Å². The number of fused-ring (bicyclic) bond motifs is 1. The van der Waals surface area contributed by atoms with Crippen molar-refractivity contribution in [2.45, 2.75) is 38.9 Å². The monoisotopic (exact) mass is 220 g/mol. The Morgan fingerprint density at radius 1 is 1.56 bits per heavy atom. The summed E-state index contributed by atoms with van der Waals surface area (Å²) in [7, 11) is 0. The number of hydrogen-bond acceptors (Lipinski definition) is 3. The first-order chi connectivity index (χ1) is 7.61. The van der Waals surface area contributed by atoms with Gasteiger partial charge in [-0.3, -0.25) is 0 Å². The Balaban J connectivity index is 2.38. The van der Waals surface area contributed by atoms with Gasteiger partial charge in [-0.25, -0.2) is 4.79 Å². The quantitative estimate of drug-likeness (QED) is 0.777. The number of carbonyl (C=O) groups is 1. The van der Waals surface area contributed by atoms with E-state index in [1.54, 1.807) is 12.1 Å². The summed E-state index contributed by atoms with van der Waals surface area (Å²) in [5, 5.41) is 9.75. The average Bonchev–Trinajstić information content (AvgIpc) is 2.27. The first-order valence-corrected chi connectivity index (χ1v) is 5.63. The van der Waals surface area contributed by atoms with Crippen molar-refractivity contribution in [1.29, 1.82) is 0 Å². The molecule has 0 saturated heterocycles. The second kappa shape index (κ2) is 4.26. The lowest BCUT2D eigenvalue weighted by Crippen LogP contribution is -2.25. The highest BCUT2D eigenvalue weighted by atomic mass is 16.5. The Morgan fingerprint density at radius 3 is 3.00 bits per heavy atom. The number of aliphatic hydroxyl groups excluding tert-OH is 1. The van der Waals surface area contributed by atoms with Crippen LogP contribution in [0.4, 0.5) is 0 Å². The highest BCUT2D eigenvalue weighted by molar-refractivity contribution is 5.92. The van der Waals surface area contributed by atoms with Crippen LogP contribution in [-0.2, 0) is 11.2 Å². The van der Waals surface area contributed by atoms with Crippen LogP contribution in [-0.4, -0.2) is 17.2 Å². The van der Waals surface area contributed by atoms with E-state index in [9.17, 15) is 9.90 Å². The standard InChI is InChI=1S/C13H16O3/c1-3-12(14)9-4-5-11-10(7-9)6-8(2)16-13(11)15/h4-5,7-8,12,14H,3,6H2,1-2H3. The van der Waals surface area contributed by atoms with Crippen molar-refractivity contribution in [3.63, 3.8) is 0 Å². The molecule has 0 fully saturated rings. The van der Waals surface area contributed by atoms with Gasteiger partial charge >= 0.3 is 5.97 Å². The fourth-order valence-corrected chi connectivity index (χ4v) is 2.02. The van der Waals surface area contributed by atoms with Crippen molar-refractivity contribution in [1.82, 2.24) is 0 Å². The molecule has 16 heavy (non-hydrogen) atoms. The van der Waals surface area contributed by atoms with Crippen LogP contribution < -0.4 is 0 Å². The van der Waals surface area contributed by atoms with Crippen LogP contribution >= 0.6 is 0 Å². The van der Waals surface area contributed by atoms with Gasteiger partial charge in [0.1, 0.15) is 6.10 Å². The molecule has 0 saturated carbocycles. The molecule has 1 aromatic carbocycles. The Labute approximate surface area is 95.0 Å². The van der Waals surface area contributed by atoms with Gasteiger partial charge in [0.25, 0.3) is 0 Å². The zero-order valence-electron chi connectivity index (χ0n) is 9.56. The van der Waals surface area contributed by atoms with E-state index in [2.05, 4.69) is 0 Å². The summed E-state index contributed by atoms with van der Waals surface area (Å²) in [6.45, 7) is 3.81. The van der Waals surface area contributed by atoms with Crippen molar-refractivity contribution in [3.8, 4) is 0 Å². The van der Waals surface area contributed by atoms with E-state index in [1.807, 2.05) is 19.9 Å². The smallest absolute Gasteiger partial charge is 0.338 e. The minimum absolute atomic E-state index is 0.0750. The van der Waals surface area contributed by atoms with E-state index in [1.165, 1.54) is 0 Å². The van der Waals surface area contributed by atoms with Gasteiger partial charge in [0.05, 0.1) is 11.7 Å². The van der Waals surface area contributed by atoms with E-state index >= 15 is 0 Å². The van der Waals surface area contributed by atoms with Gasteiger partial charge in [-0.15, -0.1) is 0 Å². The number of ether oxygens (including phenoxy) is 1. The summed E-state index contributed by atoms with van der Waals surface area (Å²) in [5.74, 6) is -0.258. The number of aliphatic hydroxyl groups is 1. The maximum absolute atomic E-state index is 11.6. The molecule has 1 N–H and O–H groups in total. The topological polar surface area (TPSA) is 46.5 Å². The molecule has 3 heteroatoms. The van der Waals surface area contributed by atoms with E-state index in [0.717, 1.165) is 17.5 Å².